The largest absolute Gasteiger partial charge is 0.383 e. The molecule has 5 aromatic rings. The molecule has 3 amide bonds. The van der Waals surface area contributed by atoms with Crippen LogP contribution < -0.4 is 21.3 Å². The predicted octanol–water partition coefficient (Wildman–Crippen LogP) is 5.80. The summed E-state index contributed by atoms with van der Waals surface area (Å²) in [6.45, 7) is 2.83. The van der Waals surface area contributed by atoms with E-state index in [2.05, 4.69) is 26.7 Å². The van der Waals surface area contributed by atoms with Crippen molar-refractivity contribution >= 4 is 50.2 Å². The number of nitrogen functional groups attached to an aromatic ring is 1. The van der Waals surface area contributed by atoms with E-state index in [1.165, 1.54) is 43.0 Å². The van der Waals surface area contributed by atoms with Crippen LogP contribution in [0.3, 0.4) is 0 Å². The van der Waals surface area contributed by atoms with Gasteiger partial charge in [0.2, 0.25) is 5.91 Å². The maximum Gasteiger partial charge on any atom is 0.256 e. The van der Waals surface area contributed by atoms with Crippen molar-refractivity contribution in [1.82, 2.24) is 30.3 Å². The molecule has 0 spiro atoms. The molecule has 4 N–H and O–H groups in total. The molecule has 12 heteroatoms. The second-order valence-corrected chi connectivity index (χ2v) is 14.5. The first kappa shape index (κ1) is 34.2. The van der Waals surface area contributed by atoms with Gasteiger partial charge in [-0.1, -0.05) is 85.9 Å². The lowest BCUT2D eigenvalue weighted by Gasteiger charge is -2.36. The molecule has 1 saturated heterocycles. The number of rotatable bonds is 11. The summed E-state index contributed by atoms with van der Waals surface area (Å²) < 4.78 is 2.69. The molecule has 2 fully saturated rings. The van der Waals surface area contributed by atoms with Gasteiger partial charge in [0.15, 0.2) is 5.13 Å². The van der Waals surface area contributed by atoms with Crippen LogP contribution in [-0.4, -0.2) is 69.6 Å². The highest BCUT2D eigenvalue weighted by molar-refractivity contribution is 7.22. The van der Waals surface area contributed by atoms with Gasteiger partial charge in [0, 0.05) is 38.3 Å². The van der Waals surface area contributed by atoms with Crippen LogP contribution in [0.15, 0.2) is 85.1 Å². The zero-order chi connectivity index (χ0) is 35.2. The van der Waals surface area contributed by atoms with E-state index in [1.54, 1.807) is 23.5 Å². The Kier molecular flexibility index (Phi) is 10.6. The molecule has 2 aromatic heterocycles. The minimum atomic E-state index is -0.588. The van der Waals surface area contributed by atoms with Gasteiger partial charge in [0.25, 0.3) is 11.8 Å². The molecular weight excluding hydrogens is 661 g/mol. The van der Waals surface area contributed by atoms with Crippen LogP contribution in [0, 0.1) is 5.92 Å². The van der Waals surface area contributed by atoms with Gasteiger partial charge in [-0.2, -0.15) is 5.10 Å². The number of amides is 3. The van der Waals surface area contributed by atoms with Crippen molar-refractivity contribution in [3.05, 3.63) is 102 Å². The van der Waals surface area contributed by atoms with Gasteiger partial charge in [0.05, 0.1) is 22.1 Å². The number of aromatic nitrogens is 3. The molecular formula is C39H44N8O3S. The quantitative estimate of drug-likeness (QED) is 0.158. The number of fused-ring (bicyclic) bond motifs is 1. The first-order valence-corrected chi connectivity index (χ1v) is 18.7. The smallest absolute Gasteiger partial charge is 0.256 e. The van der Waals surface area contributed by atoms with Crippen molar-refractivity contribution in [2.24, 2.45) is 5.92 Å². The Bertz CT molecular complexity index is 1930. The number of anilines is 2. The highest BCUT2D eigenvalue weighted by Gasteiger charge is 2.30. The molecule has 1 aliphatic heterocycles. The maximum absolute atomic E-state index is 14.0. The van der Waals surface area contributed by atoms with E-state index in [0.29, 0.717) is 44.1 Å². The lowest BCUT2D eigenvalue weighted by Crippen LogP contribution is -2.55. The number of nitrogens with zero attached hydrogens (tertiary/aromatic N) is 5. The minimum absolute atomic E-state index is 0.0164. The average molecular weight is 705 g/mol. The molecule has 0 radical (unpaired) electrons. The second kappa shape index (κ2) is 15.8. The number of thiazole rings is 1. The molecule has 3 aromatic carbocycles. The zero-order valence-electron chi connectivity index (χ0n) is 28.7. The zero-order valence-corrected chi connectivity index (χ0v) is 29.5. The molecule has 1 aliphatic carbocycles. The summed E-state index contributed by atoms with van der Waals surface area (Å²) in [7, 11) is 0. The Labute approximate surface area is 301 Å². The van der Waals surface area contributed by atoms with Crippen LogP contribution in [0.4, 0.5) is 10.9 Å². The number of hydrogen-bond acceptors (Lipinski definition) is 8. The lowest BCUT2D eigenvalue weighted by atomic mass is 9.85. The monoisotopic (exact) mass is 704 g/mol. The van der Waals surface area contributed by atoms with E-state index in [4.69, 9.17) is 10.7 Å². The Hall–Kier alpha value is -5.23. The van der Waals surface area contributed by atoms with E-state index >= 15 is 0 Å². The summed E-state index contributed by atoms with van der Waals surface area (Å²) in [6, 6.07) is 24.0. The highest BCUT2D eigenvalue weighted by atomic mass is 32.1. The summed E-state index contributed by atoms with van der Waals surface area (Å²) in [4.78, 5) is 49.4. The Balaban J connectivity index is 0.957. The normalized spacial score (nSPS) is 15.8. The van der Waals surface area contributed by atoms with Crippen LogP contribution in [0.5, 0.6) is 0 Å². The summed E-state index contributed by atoms with van der Waals surface area (Å²) in [5.74, 6) is 0.226. The molecule has 2 aliphatic rings. The van der Waals surface area contributed by atoms with Gasteiger partial charge in [0.1, 0.15) is 17.4 Å². The fourth-order valence-electron chi connectivity index (χ4n) is 7.07. The third-order valence-electron chi connectivity index (χ3n) is 10.1. The number of carbonyl (C=O) groups excluding carboxylic acids is 3. The minimum Gasteiger partial charge on any atom is -0.383 e. The molecule has 0 bridgehead atoms. The van der Waals surface area contributed by atoms with Crippen molar-refractivity contribution in [2.75, 3.05) is 36.8 Å². The lowest BCUT2D eigenvalue weighted by molar-refractivity contribution is -0.133. The van der Waals surface area contributed by atoms with E-state index in [9.17, 15) is 14.4 Å². The Morgan fingerprint density at radius 2 is 1.59 bits per heavy atom. The SMILES string of the molecule is Nc1c(C(=O)NCc2ccc(C(=O)N[C@@H](CCC3CCCCC3)C(=O)N3CCN(c4nc5ccccc5s4)CC3)cc2)cnn1-c1ccccc1. The van der Waals surface area contributed by atoms with Gasteiger partial charge in [-0.05, 0) is 60.7 Å². The predicted molar refractivity (Wildman–Crippen MR) is 201 cm³/mol. The van der Waals surface area contributed by atoms with Crippen LogP contribution in [0.1, 0.15) is 71.2 Å². The molecule has 3 heterocycles. The third-order valence-corrected chi connectivity index (χ3v) is 11.2. The van der Waals surface area contributed by atoms with Gasteiger partial charge >= 0.3 is 0 Å². The summed E-state index contributed by atoms with van der Waals surface area (Å²) >= 11 is 1.68. The Morgan fingerprint density at radius 3 is 2.33 bits per heavy atom. The molecule has 0 unspecified atom stereocenters. The van der Waals surface area contributed by atoms with Crippen molar-refractivity contribution in [3.8, 4) is 5.69 Å². The summed E-state index contributed by atoms with van der Waals surface area (Å²) in [6.07, 6.45) is 9.14. The van der Waals surface area contributed by atoms with E-state index in [0.717, 1.165) is 33.0 Å². The summed E-state index contributed by atoms with van der Waals surface area (Å²) in [5, 5.41) is 11.2. The van der Waals surface area contributed by atoms with Gasteiger partial charge in [-0.3, -0.25) is 14.4 Å². The van der Waals surface area contributed by atoms with Gasteiger partial charge in [-0.25, -0.2) is 9.67 Å². The van der Waals surface area contributed by atoms with Crippen molar-refractivity contribution in [3.63, 3.8) is 0 Å². The van der Waals surface area contributed by atoms with Gasteiger partial charge < -0.3 is 26.2 Å². The topological polar surface area (TPSA) is 138 Å². The maximum atomic E-state index is 14.0. The number of piperazine rings is 1. The van der Waals surface area contributed by atoms with Crippen molar-refractivity contribution in [1.29, 1.82) is 0 Å². The molecule has 11 nitrogen and oxygen atoms in total. The first-order valence-electron chi connectivity index (χ1n) is 17.9. The molecule has 1 saturated carbocycles. The van der Waals surface area contributed by atoms with Crippen LogP contribution in [0.25, 0.3) is 15.9 Å². The Morgan fingerprint density at radius 1 is 0.863 bits per heavy atom. The van der Waals surface area contributed by atoms with Crippen molar-refractivity contribution < 1.29 is 14.4 Å². The molecule has 264 valence electrons. The fourth-order valence-corrected chi connectivity index (χ4v) is 8.09. The number of nitrogens with two attached hydrogens (primary N) is 1. The fraction of sp³-hybridized carbons (Fsp3) is 0.359. The van der Waals surface area contributed by atoms with E-state index < -0.39 is 6.04 Å². The van der Waals surface area contributed by atoms with Crippen molar-refractivity contribution in [2.45, 2.75) is 57.5 Å². The number of nitrogens with one attached hydrogen (secondary N) is 2. The highest BCUT2D eigenvalue weighted by Crippen LogP contribution is 2.30. The van der Waals surface area contributed by atoms with E-state index in [-0.39, 0.29) is 35.6 Å². The van der Waals surface area contributed by atoms with Crippen LogP contribution in [-0.2, 0) is 11.3 Å². The van der Waals surface area contributed by atoms with Crippen LogP contribution in [0.2, 0.25) is 0 Å². The number of hydrogen-bond donors (Lipinski definition) is 3. The molecule has 1 atom stereocenters. The van der Waals surface area contributed by atoms with E-state index in [1.807, 2.05) is 65.6 Å². The number of para-hydroxylation sites is 2. The van der Waals surface area contributed by atoms with Gasteiger partial charge in [-0.15, -0.1) is 0 Å². The average Bonchev–Trinajstić information content (AvgIpc) is 3.80. The third kappa shape index (κ3) is 8.06. The summed E-state index contributed by atoms with van der Waals surface area (Å²) in [5.41, 5.74) is 9.58. The van der Waals surface area contributed by atoms with Crippen LogP contribution >= 0.6 is 11.3 Å². The first-order chi connectivity index (χ1) is 24.9. The standard InChI is InChI=1S/C39H44N8O3S/c40-35-31(26-42-47(35)30-11-5-2-6-12-30)37(49)41-25-28-15-18-29(19-16-28)36(48)43-33(20-17-27-9-3-1-4-10-27)38(50)45-21-23-46(24-22-45)39-44-32-13-7-8-14-34(32)51-39/h2,5-8,11-16,18-19,26-27,33H,1,3-4,9-10,17,20-25,40H2,(H,41,49)(H,43,48)/t33-/m0/s1. The molecule has 7 rings (SSSR count). The number of benzene rings is 3. The number of carbonyl (C=O) groups is 3. The molecule has 51 heavy (non-hydrogen) atoms. The second-order valence-electron chi connectivity index (χ2n) is 13.5.